The second-order valence-corrected chi connectivity index (χ2v) is 5.92. The third-order valence-electron chi connectivity index (χ3n) is 3.67. The summed E-state index contributed by atoms with van der Waals surface area (Å²) < 4.78 is 11.1. The molecule has 0 amide bonds. The van der Waals surface area contributed by atoms with Gasteiger partial charge in [-0.05, 0) is 38.0 Å². The number of halogens is 1. The molecule has 0 aromatic heterocycles. The lowest BCUT2D eigenvalue weighted by molar-refractivity contribution is 0.0203. The highest BCUT2D eigenvalue weighted by molar-refractivity contribution is 14.0. The minimum absolute atomic E-state index is 0. The highest BCUT2D eigenvalue weighted by atomic mass is 127. The Hall–Kier alpha value is -0.120. The van der Waals surface area contributed by atoms with Crippen LogP contribution < -0.4 is 10.6 Å². The molecule has 1 aliphatic heterocycles. The van der Waals surface area contributed by atoms with Gasteiger partial charge in [0.2, 0.25) is 0 Å². The zero-order valence-corrected chi connectivity index (χ0v) is 16.9. The third kappa shape index (κ3) is 12.0. The van der Waals surface area contributed by atoms with Crippen molar-refractivity contribution in [3.8, 4) is 0 Å². The number of hydrogen-bond donors (Lipinski definition) is 3. The Labute approximate surface area is 157 Å². The number of rotatable bonds is 10. The molecule has 0 spiro atoms. The molecule has 0 aliphatic carbocycles. The van der Waals surface area contributed by atoms with Crippen LogP contribution in [-0.2, 0) is 9.47 Å². The van der Waals surface area contributed by atoms with Crippen LogP contribution in [0.4, 0.5) is 0 Å². The van der Waals surface area contributed by atoms with E-state index in [1.807, 2.05) is 13.8 Å². The summed E-state index contributed by atoms with van der Waals surface area (Å²) in [6.07, 6.45) is 3.21. The monoisotopic (exact) mass is 443 g/mol. The van der Waals surface area contributed by atoms with Gasteiger partial charge in [0.25, 0.3) is 0 Å². The molecule has 0 saturated carbocycles. The third-order valence-corrected chi connectivity index (χ3v) is 3.67. The Kier molecular flexibility index (Phi) is 15.3. The van der Waals surface area contributed by atoms with Gasteiger partial charge in [0.15, 0.2) is 5.96 Å². The Bertz CT molecular complexity index is 300. The van der Waals surface area contributed by atoms with Crippen LogP contribution in [0.5, 0.6) is 0 Å². The summed E-state index contributed by atoms with van der Waals surface area (Å²) in [5.74, 6) is 1.67. The first kappa shape index (κ1) is 22.9. The molecule has 0 radical (unpaired) electrons. The number of hydrogen-bond acceptors (Lipinski definition) is 4. The number of nitrogens with zero attached hydrogens (tertiary/aromatic N) is 1. The van der Waals surface area contributed by atoms with Gasteiger partial charge in [-0.1, -0.05) is 6.92 Å². The van der Waals surface area contributed by atoms with E-state index in [0.717, 1.165) is 64.7 Å². The van der Waals surface area contributed by atoms with E-state index in [9.17, 15) is 0 Å². The van der Waals surface area contributed by atoms with Crippen LogP contribution in [0.15, 0.2) is 4.99 Å². The fraction of sp³-hybridized carbons (Fsp3) is 0.938. The van der Waals surface area contributed by atoms with Crippen molar-refractivity contribution >= 4 is 29.9 Å². The predicted octanol–water partition coefficient (Wildman–Crippen LogP) is 1.62. The first-order chi connectivity index (χ1) is 10.8. The number of aliphatic hydroxyl groups excluding tert-OH is 1. The quantitative estimate of drug-likeness (QED) is 0.207. The molecule has 1 saturated heterocycles. The van der Waals surface area contributed by atoms with Crippen molar-refractivity contribution in [3.05, 3.63) is 0 Å². The standard InChI is InChI=1S/C16H33N3O3.HI/c1-3-17-16(19-11-14(2)12-20)18-7-4-8-22-13-15-5-9-21-10-6-15;/h14-15,20H,3-13H2,1-2H3,(H2,17,18,19);1H. The highest BCUT2D eigenvalue weighted by Crippen LogP contribution is 2.14. The van der Waals surface area contributed by atoms with Gasteiger partial charge in [-0.2, -0.15) is 0 Å². The maximum absolute atomic E-state index is 9.02. The molecule has 0 aromatic carbocycles. The summed E-state index contributed by atoms with van der Waals surface area (Å²) in [6.45, 7) is 9.89. The van der Waals surface area contributed by atoms with E-state index < -0.39 is 0 Å². The molecule has 1 rings (SSSR count). The summed E-state index contributed by atoms with van der Waals surface area (Å²) in [7, 11) is 0. The molecule has 1 aliphatic rings. The maximum atomic E-state index is 9.02. The molecule has 0 aromatic rings. The van der Waals surface area contributed by atoms with Gasteiger partial charge in [-0.25, -0.2) is 0 Å². The predicted molar refractivity (Wildman–Crippen MR) is 105 cm³/mol. The Morgan fingerprint density at radius 3 is 2.74 bits per heavy atom. The van der Waals surface area contributed by atoms with Crippen LogP contribution in [0.2, 0.25) is 0 Å². The molecular weight excluding hydrogens is 409 g/mol. The maximum Gasteiger partial charge on any atom is 0.191 e. The Morgan fingerprint density at radius 2 is 2.09 bits per heavy atom. The van der Waals surface area contributed by atoms with Gasteiger partial charge >= 0.3 is 0 Å². The van der Waals surface area contributed by atoms with Crippen molar-refractivity contribution in [2.45, 2.75) is 33.1 Å². The summed E-state index contributed by atoms with van der Waals surface area (Å²) >= 11 is 0. The Balaban J connectivity index is 0.00000484. The fourth-order valence-electron chi connectivity index (χ4n) is 2.19. The first-order valence-electron chi connectivity index (χ1n) is 8.54. The van der Waals surface area contributed by atoms with Crippen molar-refractivity contribution in [2.24, 2.45) is 16.8 Å². The fourth-order valence-corrected chi connectivity index (χ4v) is 2.19. The van der Waals surface area contributed by atoms with E-state index in [2.05, 4.69) is 15.6 Å². The van der Waals surface area contributed by atoms with Gasteiger partial charge in [0.1, 0.15) is 0 Å². The lowest BCUT2D eigenvalue weighted by Gasteiger charge is -2.21. The minimum atomic E-state index is 0. The van der Waals surface area contributed by atoms with E-state index in [1.54, 1.807) is 0 Å². The SMILES string of the molecule is CCNC(=NCC(C)CO)NCCCOCC1CCOCC1.I. The minimum Gasteiger partial charge on any atom is -0.396 e. The van der Waals surface area contributed by atoms with Crippen LogP contribution in [0.3, 0.4) is 0 Å². The summed E-state index contributed by atoms with van der Waals surface area (Å²) in [6, 6.07) is 0. The average Bonchev–Trinajstić information content (AvgIpc) is 2.56. The van der Waals surface area contributed by atoms with Crippen LogP contribution in [-0.4, -0.2) is 63.7 Å². The van der Waals surface area contributed by atoms with Crippen molar-refractivity contribution in [3.63, 3.8) is 0 Å². The molecule has 1 heterocycles. The number of guanidine groups is 1. The molecule has 138 valence electrons. The Morgan fingerprint density at radius 1 is 1.35 bits per heavy atom. The molecule has 7 heteroatoms. The van der Waals surface area contributed by atoms with Crippen molar-refractivity contribution in [2.75, 3.05) is 52.7 Å². The van der Waals surface area contributed by atoms with Crippen molar-refractivity contribution in [1.82, 2.24) is 10.6 Å². The van der Waals surface area contributed by atoms with Gasteiger partial charge in [0, 0.05) is 52.7 Å². The van der Waals surface area contributed by atoms with E-state index in [0.29, 0.717) is 12.5 Å². The number of aliphatic hydroxyl groups is 1. The zero-order chi connectivity index (χ0) is 16.0. The second-order valence-electron chi connectivity index (χ2n) is 5.92. The molecule has 1 unspecified atom stereocenters. The molecule has 0 bridgehead atoms. The summed E-state index contributed by atoms with van der Waals surface area (Å²) in [4.78, 5) is 4.46. The number of nitrogens with one attached hydrogen (secondary N) is 2. The van der Waals surface area contributed by atoms with Crippen molar-refractivity contribution in [1.29, 1.82) is 0 Å². The van der Waals surface area contributed by atoms with Crippen LogP contribution in [0.25, 0.3) is 0 Å². The molecular formula is C16H34IN3O3. The zero-order valence-electron chi connectivity index (χ0n) is 14.6. The number of aliphatic imine (C=N–C) groups is 1. The van der Waals surface area contributed by atoms with E-state index in [-0.39, 0.29) is 36.5 Å². The molecule has 23 heavy (non-hydrogen) atoms. The normalized spacial score (nSPS) is 17.4. The first-order valence-corrected chi connectivity index (χ1v) is 8.54. The van der Waals surface area contributed by atoms with E-state index >= 15 is 0 Å². The average molecular weight is 443 g/mol. The number of ether oxygens (including phenoxy) is 2. The summed E-state index contributed by atoms with van der Waals surface area (Å²) in [5, 5.41) is 15.5. The molecule has 3 N–H and O–H groups in total. The topological polar surface area (TPSA) is 75.1 Å². The van der Waals surface area contributed by atoms with Crippen LogP contribution in [0, 0.1) is 11.8 Å². The van der Waals surface area contributed by atoms with Gasteiger partial charge < -0.3 is 25.2 Å². The van der Waals surface area contributed by atoms with Gasteiger partial charge in [-0.3, -0.25) is 4.99 Å². The van der Waals surface area contributed by atoms with E-state index in [1.165, 1.54) is 0 Å². The smallest absolute Gasteiger partial charge is 0.191 e. The van der Waals surface area contributed by atoms with Crippen LogP contribution in [0.1, 0.15) is 33.1 Å². The highest BCUT2D eigenvalue weighted by Gasteiger charge is 2.13. The summed E-state index contributed by atoms with van der Waals surface area (Å²) in [5.41, 5.74) is 0. The van der Waals surface area contributed by atoms with Gasteiger partial charge in [-0.15, -0.1) is 24.0 Å². The lowest BCUT2D eigenvalue weighted by Crippen LogP contribution is -2.38. The molecule has 1 atom stereocenters. The molecule has 6 nitrogen and oxygen atoms in total. The lowest BCUT2D eigenvalue weighted by atomic mass is 10.0. The van der Waals surface area contributed by atoms with Gasteiger partial charge in [0.05, 0.1) is 0 Å². The largest absolute Gasteiger partial charge is 0.396 e. The second kappa shape index (κ2) is 15.4. The molecule has 1 fully saturated rings. The van der Waals surface area contributed by atoms with Crippen LogP contribution >= 0.6 is 24.0 Å². The van der Waals surface area contributed by atoms with Crippen molar-refractivity contribution < 1.29 is 14.6 Å². The van der Waals surface area contributed by atoms with E-state index in [4.69, 9.17) is 14.6 Å².